The molecule has 0 aromatic carbocycles. The smallest absolute Gasteiger partial charge is 0.312 e. The van der Waals surface area contributed by atoms with Crippen molar-refractivity contribution in [2.45, 2.75) is 19.3 Å². The van der Waals surface area contributed by atoms with Gasteiger partial charge in [-0.2, -0.15) is 0 Å². The van der Waals surface area contributed by atoms with Crippen molar-refractivity contribution in [2.75, 3.05) is 26.4 Å². The minimum atomic E-state index is -0.717. The number of hydrogen-bond donors (Lipinski definition) is 1. The Bertz CT molecular complexity index is 214. The van der Waals surface area contributed by atoms with Crippen LogP contribution in [0.4, 0.5) is 0 Å². The number of carboxylic acid groups (broad SMARTS) is 1. The SMILES string of the molecule is O=C(O)C1(C2CCCOC2)CCOC1. The van der Waals surface area contributed by atoms with Crippen LogP contribution >= 0.6 is 0 Å². The van der Waals surface area contributed by atoms with Crippen LogP contribution in [-0.2, 0) is 14.3 Å². The first kappa shape index (κ1) is 9.93. The van der Waals surface area contributed by atoms with E-state index in [-0.39, 0.29) is 5.92 Å². The summed E-state index contributed by atoms with van der Waals surface area (Å²) < 4.78 is 10.6. The molecule has 0 amide bonds. The topological polar surface area (TPSA) is 55.8 Å². The number of aliphatic carboxylic acids is 1. The molecule has 2 rings (SSSR count). The molecule has 0 radical (unpaired) electrons. The zero-order valence-corrected chi connectivity index (χ0v) is 8.20. The van der Waals surface area contributed by atoms with E-state index in [0.717, 1.165) is 19.4 Å². The molecule has 2 unspecified atom stereocenters. The molecule has 0 bridgehead atoms. The monoisotopic (exact) mass is 200 g/mol. The predicted molar refractivity (Wildman–Crippen MR) is 49.0 cm³/mol. The van der Waals surface area contributed by atoms with Crippen molar-refractivity contribution in [3.63, 3.8) is 0 Å². The lowest BCUT2D eigenvalue weighted by Crippen LogP contribution is -2.43. The predicted octanol–water partition coefficient (Wildman–Crippen LogP) is 0.904. The Hall–Kier alpha value is -0.610. The van der Waals surface area contributed by atoms with Gasteiger partial charge in [0, 0.05) is 19.1 Å². The Morgan fingerprint density at radius 2 is 2.21 bits per heavy atom. The van der Waals surface area contributed by atoms with E-state index >= 15 is 0 Å². The second-order valence-electron chi connectivity index (χ2n) is 4.18. The summed E-state index contributed by atoms with van der Waals surface area (Å²) in [7, 11) is 0. The third kappa shape index (κ3) is 1.53. The van der Waals surface area contributed by atoms with E-state index in [2.05, 4.69) is 0 Å². The molecule has 2 aliphatic rings. The fraction of sp³-hybridized carbons (Fsp3) is 0.900. The van der Waals surface area contributed by atoms with E-state index in [1.165, 1.54) is 0 Å². The quantitative estimate of drug-likeness (QED) is 0.719. The summed E-state index contributed by atoms with van der Waals surface area (Å²) in [5.41, 5.74) is -0.666. The maximum absolute atomic E-state index is 11.3. The van der Waals surface area contributed by atoms with Gasteiger partial charge in [-0.05, 0) is 19.3 Å². The number of hydrogen-bond acceptors (Lipinski definition) is 3. The van der Waals surface area contributed by atoms with Crippen LogP contribution in [-0.4, -0.2) is 37.5 Å². The molecule has 80 valence electrons. The Morgan fingerprint density at radius 3 is 2.71 bits per heavy atom. The van der Waals surface area contributed by atoms with Gasteiger partial charge in [-0.3, -0.25) is 4.79 Å². The second kappa shape index (κ2) is 3.87. The average molecular weight is 200 g/mol. The molecule has 0 aromatic rings. The average Bonchev–Trinajstić information content (AvgIpc) is 2.69. The molecule has 2 saturated heterocycles. The van der Waals surface area contributed by atoms with Crippen LogP contribution in [0, 0.1) is 11.3 Å². The lowest BCUT2D eigenvalue weighted by Gasteiger charge is -2.34. The van der Waals surface area contributed by atoms with Gasteiger partial charge in [0.1, 0.15) is 0 Å². The van der Waals surface area contributed by atoms with Gasteiger partial charge in [-0.25, -0.2) is 0 Å². The molecule has 2 atom stereocenters. The Kier molecular flexibility index (Phi) is 2.74. The van der Waals surface area contributed by atoms with E-state index in [9.17, 15) is 9.90 Å². The summed E-state index contributed by atoms with van der Waals surface area (Å²) in [6.07, 6.45) is 2.56. The molecule has 4 heteroatoms. The first-order valence-corrected chi connectivity index (χ1v) is 5.14. The van der Waals surface area contributed by atoms with E-state index < -0.39 is 11.4 Å². The highest BCUT2D eigenvalue weighted by molar-refractivity contribution is 5.75. The molecular formula is C10H16O4. The molecule has 1 N–H and O–H groups in total. The summed E-state index contributed by atoms with van der Waals surface area (Å²) in [5, 5.41) is 9.28. The third-order valence-corrected chi connectivity index (χ3v) is 3.42. The minimum Gasteiger partial charge on any atom is -0.481 e. The first-order chi connectivity index (χ1) is 6.76. The van der Waals surface area contributed by atoms with Gasteiger partial charge in [0.2, 0.25) is 0 Å². The zero-order valence-electron chi connectivity index (χ0n) is 8.20. The maximum Gasteiger partial charge on any atom is 0.312 e. The molecule has 2 fully saturated rings. The molecule has 0 spiro atoms. The highest BCUT2D eigenvalue weighted by atomic mass is 16.5. The fourth-order valence-electron chi connectivity index (χ4n) is 2.42. The third-order valence-electron chi connectivity index (χ3n) is 3.42. The Balaban J connectivity index is 2.12. The number of ether oxygens (including phenoxy) is 2. The lowest BCUT2D eigenvalue weighted by molar-refractivity contribution is -0.156. The maximum atomic E-state index is 11.3. The first-order valence-electron chi connectivity index (χ1n) is 5.14. The van der Waals surface area contributed by atoms with Crippen LogP contribution in [0.5, 0.6) is 0 Å². The standard InChI is InChI=1S/C10H16O4/c11-9(12)10(3-5-14-7-10)8-2-1-4-13-6-8/h8H,1-7H2,(H,11,12). The van der Waals surface area contributed by atoms with E-state index in [4.69, 9.17) is 9.47 Å². The van der Waals surface area contributed by atoms with E-state index in [0.29, 0.717) is 26.2 Å². The van der Waals surface area contributed by atoms with Gasteiger partial charge in [0.05, 0.1) is 18.6 Å². The van der Waals surface area contributed by atoms with Crippen LogP contribution in [0.2, 0.25) is 0 Å². The fourth-order valence-corrected chi connectivity index (χ4v) is 2.42. The van der Waals surface area contributed by atoms with Crippen molar-refractivity contribution in [2.24, 2.45) is 11.3 Å². The Labute approximate surface area is 83.2 Å². The Morgan fingerprint density at radius 1 is 1.36 bits per heavy atom. The summed E-state index contributed by atoms with van der Waals surface area (Å²) in [5.74, 6) is -0.582. The molecule has 0 saturated carbocycles. The van der Waals surface area contributed by atoms with Gasteiger partial charge < -0.3 is 14.6 Å². The van der Waals surface area contributed by atoms with Crippen molar-refractivity contribution in [3.05, 3.63) is 0 Å². The number of carboxylic acids is 1. The highest BCUT2D eigenvalue weighted by Gasteiger charge is 2.49. The van der Waals surface area contributed by atoms with Crippen LogP contribution in [0.15, 0.2) is 0 Å². The van der Waals surface area contributed by atoms with E-state index in [1.54, 1.807) is 0 Å². The van der Waals surface area contributed by atoms with Gasteiger partial charge in [0.15, 0.2) is 0 Å². The molecule has 2 heterocycles. The lowest BCUT2D eigenvalue weighted by atomic mass is 9.72. The number of carbonyl (C=O) groups is 1. The van der Waals surface area contributed by atoms with Crippen molar-refractivity contribution < 1.29 is 19.4 Å². The molecule has 0 aliphatic carbocycles. The number of rotatable bonds is 2. The van der Waals surface area contributed by atoms with E-state index in [1.807, 2.05) is 0 Å². The van der Waals surface area contributed by atoms with Gasteiger partial charge in [0.25, 0.3) is 0 Å². The molecular weight excluding hydrogens is 184 g/mol. The second-order valence-corrected chi connectivity index (χ2v) is 4.18. The summed E-state index contributed by atoms with van der Waals surface area (Å²) in [6, 6.07) is 0. The summed E-state index contributed by atoms with van der Waals surface area (Å²) >= 11 is 0. The van der Waals surface area contributed by atoms with Crippen molar-refractivity contribution in [1.29, 1.82) is 0 Å². The summed E-state index contributed by atoms with van der Waals surface area (Å²) in [6.45, 7) is 2.28. The van der Waals surface area contributed by atoms with Crippen LogP contribution < -0.4 is 0 Å². The van der Waals surface area contributed by atoms with Crippen LogP contribution in [0.3, 0.4) is 0 Å². The van der Waals surface area contributed by atoms with Crippen LogP contribution in [0.25, 0.3) is 0 Å². The van der Waals surface area contributed by atoms with Gasteiger partial charge in [-0.1, -0.05) is 0 Å². The normalized spacial score (nSPS) is 38.4. The van der Waals surface area contributed by atoms with Crippen molar-refractivity contribution in [3.8, 4) is 0 Å². The molecule has 0 aromatic heterocycles. The van der Waals surface area contributed by atoms with Gasteiger partial charge in [-0.15, -0.1) is 0 Å². The summed E-state index contributed by atoms with van der Waals surface area (Å²) in [4.78, 5) is 11.3. The highest BCUT2D eigenvalue weighted by Crippen LogP contribution is 2.40. The minimum absolute atomic E-state index is 0.135. The van der Waals surface area contributed by atoms with Crippen molar-refractivity contribution in [1.82, 2.24) is 0 Å². The molecule has 4 nitrogen and oxygen atoms in total. The zero-order chi connectivity index (χ0) is 10.0. The van der Waals surface area contributed by atoms with Crippen LogP contribution in [0.1, 0.15) is 19.3 Å². The molecule has 2 aliphatic heterocycles. The molecule has 14 heavy (non-hydrogen) atoms. The van der Waals surface area contributed by atoms with Gasteiger partial charge >= 0.3 is 5.97 Å². The van der Waals surface area contributed by atoms with Crippen molar-refractivity contribution >= 4 is 5.97 Å². The largest absolute Gasteiger partial charge is 0.481 e.